The van der Waals surface area contributed by atoms with E-state index < -0.39 is 0 Å². The average Bonchev–Trinajstić information content (AvgIpc) is 0. The summed E-state index contributed by atoms with van der Waals surface area (Å²) in [7, 11) is 0. The molecule has 0 fully saturated rings. The van der Waals surface area contributed by atoms with Crippen molar-refractivity contribution in [2.45, 2.75) is 0 Å². The van der Waals surface area contributed by atoms with Gasteiger partial charge >= 0.3 is 0 Å². The third-order valence-corrected chi connectivity index (χ3v) is 0. The van der Waals surface area contributed by atoms with Crippen LogP contribution in [0, 0.1) is 0 Å². The third-order valence-electron chi connectivity index (χ3n) is 0. The Bertz CT molecular complexity index is 26.5. The van der Waals surface area contributed by atoms with Crippen LogP contribution >= 0.6 is 0 Å². The van der Waals surface area contributed by atoms with Gasteiger partial charge in [-0.3, -0.25) is 0 Å². The number of hydrogen-bond donors (Lipinski definition) is 0. The summed E-state index contributed by atoms with van der Waals surface area (Å²) in [5.74, 6) is 0. The average molecular weight is 411 g/mol. The molecular formula is H7AlCoFeMnNiO2VZn. The predicted molar refractivity (Wildman–Crippen MR) is 17.2 cm³/mol. The molecule has 0 spiro atoms. The van der Waals surface area contributed by atoms with E-state index >= 15 is 0 Å². The standard InChI is InChI=1S/Al.Co.Fe.Mn.Ni.2H2O.V.Zn.3H/h;;;;;2*1H2;;;;;. The van der Waals surface area contributed by atoms with Crippen molar-refractivity contribution in [1.29, 1.82) is 0 Å². The predicted octanol–water partition coefficient (Wildman–Crippen LogP) is -2.85. The zero-order valence-corrected chi connectivity index (χ0v) is 12.2. The molecule has 0 aliphatic heterocycles. The molecule has 0 saturated carbocycles. The molecule has 0 saturated heterocycles. The van der Waals surface area contributed by atoms with E-state index in [-0.39, 0.29) is 134 Å². The van der Waals surface area contributed by atoms with Crippen molar-refractivity contribution in [2.75, 3.05) is 0 Å². The van der Waals surface area contributed by atoms with E-state index in [4.69, 9.17) is 0 Å². The second-order valence-corrected chi connectivity index (χ2v) is 0. The van der Waals surface area contributed by atoms with Gasteiger partial charge in [0.25, 0.3) is 0 Å². The van der Waals surface area contributed by atoms with Crippen molar-refractivity contribution in [1.82, 2.24) is 0 Å². The van der Waals surface area contributed by atoms with Crippen molar-refractivity contribution in [3.05, 3.63) is 0 Å². The summed E-state index contributed by atoms with van der Waals surface area (Å²) in [5, 5.41) is 0. The molecule has 9 heteroatoms. The molecule has 0 rings (SSSR count). The number of rotatable bonds is 0. The fraction of sp³-hybridized carbons (Fsp3) is 0. The van der Waals surface area contributed by atoms with Gasteiger partial charge in [0, 0.05) is 105 Å². The van der Waals surface area contributed by atoms with Gasteiger partial charge in [0.2, 0.25) is 0 Å². The first-order chi connectivity index (χ1) is 0. The molecule has 0 unspecified atom stereocenters. The van der Waals surface area contributed by atoms with Gasteiger partial charge in [0.1, 0.15) is 0 Å². The zero-order chi connectivity index (χ0) is 0. The minimum Gasteiger partial charge on any atom is -0.412 e. The monoisotopic (exact) mass is 409 g/mol. The molecule has 0 aromatic rings. The molecule has 3 radical (unpaired) electrons. The SMILES string of the molecule is O.O.[AlH3].[Co].[Fe].[Mn].[Ni].[V].[Zn]. The second-order valence-electron chi connectivity index (χ2n) is 0. The fourth-order valence-electron chi connectivity index (χ4n) is 0. The molecule has 0 aliphatic carbocycles. The van der Waals surface area contributed by atoms with Gasteiger partial charge in [-0.25, -0.2) is 0 Å². The van der Waals surface area contributed by atoms with Crippen molar-refractivity contribution in [2.24, 2.45) is 0 Å². The van der Waals surface area contributed by atoms with Crippen molar-refractivity contribution < 1.29 is 116 Å². The Morgan fingerprint density at radius 3 is 0.889 bits per heavy atom. The molecule has 2 nitrogen and oxygen atoms in total. The number of hydrogen-bond acceptors (Lipinski definition) is 0. The Kier molecular flexibility index (Phi) is 1380. The van der Waals surface area contributed by atoms with E-state index in [0.717, 1.165) is 0 Å². The summed E-state index contributed by atoms with van der Waals surface area (Å²) in [6.45, 7) is 0. The first-order valence-corrected chi connectivity index (χ1v) is 0. The van der Waals surface area contributed by atoms with E-state index in [1.165, 1.54) is 0 Å². The summed E-state index contributed by atoms with van der Waals surface area (Å²) in [6.07, 6.45) is 0. The van der Waals surface area contributed by atoms with Gasteiger partial charge in [0.05, 0.1) is 0 Å². The Balaban J connectivity index is 0. The van der Waals surface area contributed by atoms with Gasteiger partial charge in [-0.15, -0.1) is 0 Å². The Morgan fingerprint density at radius 1 is 0.889 bits per heavy atom. The summed E-state index contributed by atoms with van der Waals surface area (Å²) in [5.41, 5.74) is 0. The van der Waals surface area contributed by atoms with Crippen LogP contribution in [0.4, 0.5) is 0 Å². The summed E-state index contributed by atoms with van der Waals surface area (Å²) < 4.78 is 0. The van der Waals surface area contributed by atoms with Crippen LogP contribution < -0.4 is 0 Å². The van der Waals surface area contributed by atoms with Gasteiger partial charge in [-0.1, -0.05) is 0 Å². The van der Waals surface area contributed by atoms with Crippen LogP contribution in [0.1, 0.15) is 0 Å². The maximum absolute atomic E-state index is 0. The van der Waals surface area contributed by atoms with E-state index in [9.17, 15) is 0 Å². The Morgan fingerprint density at radius 2 is 0.889 bits per heavy atom. The first-order valence-electron chi connectivity index (χ1n) is 0. The molecule has 0 aromatic carbocycles. The van der Waals surface area contributed by atoms with Crippen LogP contribution in [-0.2, 0) is 105 Å². The smallest absolute Gasteiger partial charge is 0.187 e. The Hall–Kier alpha value is 3.70. The van der Waals surface area contributed by atoms with E-state index in [2.05, 4.69) is 0 Å². The van der Waals surface area contributed by atoms with Gasteiger partial charge < -0.3 is 11.0 Å². The molecule has 0 heterocycles. The van der Waals surface area contributed by atoms with Gasteiger partial charge in [0.15, 0.2) is 17.4 Å². The Labute approximate surface area is 132 Å². The minimum absolute atomic E-state index is 0. The second kappa shape index (κ2) is 97.9. The van der Waals surface area contributed by atoms with Crippen molar-refractivity contribution in [3.63, 3.8) is 0 Å². The molecule has 63 valence electrons. The van der Waals surface area contributed by atoms with Crippen molar-refractivity contribution >= 4 is 17.4 Å². The zero-order valence-electron chi connectivity index (χ0n) is 3.54. The molecule has 0 aliphatic rings. The maximum Gasteiger partial charge on any atom is 0.187 e. The molecule has 0 amide bonds. The van der Waals surface area contributed by atoms with Crippen LogP contribution in [-0.4, -0.2) is 28.3 Å². The van der Waals surface area contributed by atoms with E-state index in [1.54, 1.807) is 0 Å². The van der Waals surface area contributed by atoms with Crippen molar-refractivity contribution in [3.8, 4) is 0 Å². The van der Waals surface area contributed by atoms with Crippen LogP contribution in [0.15, 0.2) is 0 Å². The van der Waals surface area contributed by atoms with Crippen LogP contribution in [0.25, 0.3) is 0 Å². The van der Waals surface area contributed by atoms with Crippen LogP contribution in [0.2, 0.25) is 0 Å². The van der Waals surface area contributed by atoms with E-state index in [0.29, 0.717) is 0 Å². The minimum atomic E-state index is 0. The molecular weight excluding hydrogens is 404 g/mol. The fourth-order valence-corrected chi connectivity index (χ4v) is 0. The summed E-state index contributed by atoms with van der Waals surface area (Å²) >= 11 is 0. The molecule has 0 bridgehead atoms. The first kappa shape index (κ1) is 127. The summed E-state index contributed by atoms with van der Waals surface area (Å²) in [4.78, 5) is 0. The molecule has 0 aromatic heterocycles. The van der Waals surface area contributed by atoms with Crippen LogP contribution in [0.5, 0.6) is 0 Å². The molecule has 4 N–H and O–H groups in total. The van der Waals surface area contributed by atoms with E-state index in [1.807, 2.05) is 0 Å². The third kappa shape index (κ3) is 80.4. The van der Waals surface area contributed by atoms with Gasteiger partial charge in [-0.2, -0.15) is 0 Å². The van der Waals surface area contributed by atoms with Crippen LogP contribution in [0.3, 0.4) is 0 Å². The quantitative estimate of drug-likeness (QED) is 0.386. The van der Waals surface area contributed by atoms with Gasteiger partial charge in [-0.05, 0) is 0 Å². The summed E-state index contributed by atoms with van der Waals surface area (Å²) in [6, 6.07) is 0. The normalized spacial score (nSPS) is 0. The largest absolute Gasteiger partial charge is 0.412 e. The molecule has 9 heavy (non-hydrogen) atoms. The molecule has 0 atom stereocenters. The topological polar surface area (TPSA) is 63.0 Å². The maximum atomic E-state index is 0.